The Bertz CT molecular complexity index is 669. The number of aromatic amines is 1. The monoisotopic (exact) mass is 454 g/mol. The predicted octanol–water partition coefficient (Wildman–Crippen LogP) is 10.6. The second-order valence-corrected chi connectivity index (χ2v) is 10.5. The maximum absolute atomic E-state index is 4.81. The molecule has 2 nitrogen and oxygen atoms in total. The Balaban J connectivity index is 1.64. The highest BCUT2D eigenvalue weighted by molar-refractivity contribution is 5.75. The van der Waals surface area contributed by atoms with Gasteiger partial charge in [0.05, 0.1) is 0 Å². The molecule has 0 radical (unpaired) electrons. The van der Waals surface area contributed by atoms with Crippen molar-refractivity contribution in [3.63, 3.8) is 0 Å². The Kier molecular flexibility index (Phi) is 16.1. The number of aromatic nitrogens is 2. The van der Waals surface area contributed by atoms with Crippen molar-refractivity contribution in [1.82, 2.24) is 9.97 Å². The smallest absolute Gasteiger partial charge is 0.137 e. The van der Waals surface area contributed by atoms with E-state index in [-0.39, 0.29) is 0 Å². The van der Waals surface area contributed by atoms with Gasteiger partial charge in [-0.25, -0.2) is 4.98 Å². The predicted molar refractivity (Wildman–Crippen MR) is 147 cm³/mol. The molecule has 2 aromatic rings. The normalized spacial score (nSPS) is 11.7. The fourth-order valence-corrected chi connectivity index (χ4v) is 5.25. The van der Waals surface area contributed by atoms with Crippen LogP contribution < -0.4 is 0 Å². The van der Waals surface area contributed by atoms with Gasteiger partial charge in [-0.2, -0.15) is 0 Å². The molecule has 0 saturated carbocycles. The number of hydrogen-bond donors (Lipinski definition) is 1. The van der Waals surface area contributed by atoms with Gasteiger partial charge in [0.2, 0.25) is 0 Å². The zero-order valence-corrected chi connectivity index (χ0v) is 22.2. The van der Waals surface area contributed by atoms with Gasteiger partial charge in [0.15, 0.2) is 0 Å². The standard InChI is InChI=1S/C31H54N2/c1-3-5-7-9-11-13-15-17-20-28(21-18-16-14-12-10-8-6-4-2)22-19-23-30-25-24-29-26-27-32-31(29)33-30/h24-28H,3-23H2,1-2H3,(H,32,33). The molecule has 33 heavy (non-hydrogen) atoms. The molecule has 2 heterocycles. The fourth-order valence-electron chi connectivity index (χ4n) is 5.25. The summed E-state index contributed by atoms with van der Waals surface area (Å²) in [7, 11) is 0. The Morgan fingerprint density at radius 3 is 1.70 bits per heavy atom. The van der Waals surface area contributed by atoms with E-state index in [2.05, 4.69) is 37.0 Å². The molecule has 2 heteroatoms. The van der Waals surface area contributed by atoms with E-state index in [1.807, 2.05) is 6.20 Å². The molecule has 0 atom stereocenters. The lowest BCUT2D eigenvalue weighted by molar-refractivity contribution is 0.371. The average Bonchev–Trinajstić information content (AvgIpc) is 3.30. The average molecular weight is 455 g/mol. The minimum atomic E-state index is 0.930. The molecule has 2 aromatic heterocycles. The van der Waals surface area contributed by atoms with Crippen LogP contribution in [0.1, 0.15) is 148 Å². The van der Waals surface area contributed by atoms with Crippen molar-refractivity contribution in [2.75, 3.05) is 0 Å². The largest absolute Gasteiger partial charge is 0.346 e. The number of pyridine rings is 1. The number of aryl methyl sites for hydroxylation is 1. The van der Waals surface area contributed by atoms with Crippen LogP contribution in [0.4, 0.5) is 0 Å². The lowest BCUT2D eigenvalue weighted by atomic mass is 9.89. The van der Waals surface area contributed by atoms with Gasteiger partial charge in [0.25, 0.3) is 0 Å². The third-order valence-electron chi connectivity index (χ3n) is 7.44. The van der Waals surface area contributed by atoms with Gasteiger partial charge in [-0.05, 0) is 37.0 Å². The molecule has 0 fully saturated rings. The second kappa shape index (κ2) is 19.0. The molecular weight excluding hydrogens is 400 g/mol. The summed E-state index contributed by atoms with van der Waals surface area (Å²) in [6.45, 7) is 4.61. The van der Waals surface area contributed by atoms with Crippen molar-refractivity contribution in [3.8, 4) is 0 Å². The molecule has 0 amide bonds. The van der Waals surface area contributed by atoms with E-state index in [4.69, 9.17) is 4.98 Å². The highest BCUT2D eigenvalue weighted by Crippen LogP contribution is 2.24. The van der Waals surface area contributed by atoms with Crippen LogP contribution in [0.3, 0.4) is 0 Å². The van der Waals surface area contributed by atoms with Crippen LogP contribution in [0.5, 0.6) is 0 Å². The first-order valence-electron chi connectivity index (χ1n) is 14.8. The lowest BCUT2D eigenvalue weighted by Gasteiger charge is -2.17. The summed E-state index contributed by atoms with van der Waals surface area (Å²) in [5.41, 5.74) is 2.30. The molecule has 0 aliphatic carbocycles. The SMILES string of the molecule is CCCCCCCCCCC(CCCCCCCCCC)CCCc1ccc2cc[nH]c2n1. The van der Waals surface area contributed by atoms with Crippen LogP contribution >= 0.6 is 0 Å². The van der Waals surface area contributed by atoms with E-state index < -0.39 is 0 Å². The quantitative estimate of drug-likeness (QED) is 0.176. The maximum Gasteiger partial charge on any atom is 0.137 e. The first-order chi connectivity index (χ1) is 16.3. The number of hydrogen-bond acceptors (Lipinski definition) is 1. The van der Waals surface area contributed by atoms with Crippen LogP contribution in [0.25, 0.3) is 11.0 Å². The van der Waals surface area contributed by atoms with Gasteiger partial charge in [0, 0.05) is 17.3 Å². The molecule has 0 aliphatic heterocycles. The van der Waals surface area contributed by atoms with Gasteiger partial charge in [-0.3, -0.25) is 0 Å². The van der Waals surface area contributed by atoms with E-state index in [0.717, 1.165) is 18.0 Å². The van der Waals surface area contributed by atoms with Gasteiger partial charge < -0.3 is 4.98 Å². The second-order valence-electron chi connectivity index (χ2n) is 10.5. The number of unbranched alkanes of at least 4 members (excludes halogenated alkanes) is 14. The molecular formula is C31H54N2. The zero-order chi connectivity index (χ0) is 23.4. The molecule has 188 valence electrons. The zero-order valence-electron chi connectivity index (χ0n) is 22.2. The molecule has 2 rings (SSSR count). The van der Waals surface area contributed by atoms with Crippen molar-refractivity contribution in [3.05, 3.63) is 30.1 Å². The molecule has 0 saturated heterocycles. The minimum absolute atomic E-state index is 0.930. The summed E-state index contributed by atoms with van der Waals surface area (Å²) in [4.78, 5) is 8.07. The molecule has 0 bridgehead atoms. The van der Waals surface area contributed by atoms with Gasteiger partial charge >= 0.3 is 0 Å². The van der Waals surface area contributed by atoms with Crippen molar-refractivity contribution in [1.29, 1.82) is 0 Å². The number of rotatable bonds is 22. The molecule has 0 aromatic carbocycles. The number of fused-ring (bicyclic) bond motifs is 1. The number of nitrogens with zero attached hydrogens (tertiary/aromatic N) is 1. The van der Waals surface area contributed by atoms with Gasteiger partial charge in [0.1, 0.15) is 5.65 Å². The molecule has 0 unspecified atom stereocenters. The van der Waals surface area contributed by atoms with Crippen LogP contribution in [0.15, 0.2) is 24.4 Å². The topological polar surface area (TPSA) is 28.7 Å². The first-order valence-corrected chi connectivity index (χ1v) is 14.8. The summed E-state index contributed by atoms with van der Waals surface area (Å²) < 4.78 is 0. The van der Waals surface area contributed by atoms with E-state index in [1.165, 1.54) is 139 Å². The Labute approximate surface area is 205 Å². The third-order valence-corrected chi connectivity index (χ3v) is 7.44. The summed E-state index contributed by atoms with van der Waals surface area (Å²) in [6.07, 6.45) is 31.7. The number of nitrogens with one attached hydrogen (secondary N) is 1. The number of H-pyrrole nitrogens is 1. The van der Waals surface area contributed by atoms with Crippen LogP contribution in [0.2, 0.25) is 0 Å². The fraction of sp³-hybridized carbons (Fsp3) is 0.774. The highest BCUT2D eigenvalue weighted by atomic mass is 14.8. The van der Waals surface area contributed by atoms with Gasteiger partial charge in [-0.15, -0.1) is 0 Å². The van der Waals surface area contributed by atoms with Crippen LogP contribution in [-0.4, -0.2) is 9.97 Å². The van der Waals surface area contributed by atoms with Crippen molar-refractivity contribution >= 4 is 11.0 Å². The lowest BCUT2D eigenvalue weighted by Crippen LogP contribution is -2.03. The molecule has 0 spiro atoms. The Hall–Kier alpha value is -1.31. The molecule has 1 N–H and O–H groups in total. The summed E-state index contributed by atoms with van der Waals surface area (Å²) in [5, 5.41) is 1.22. The Morgan fingerprint density at radius 1 is 0.606 bits per heavy atom. The molecule has 0 aliphatic rings. The third kappa shape index (κ3) is 13.2. The van der Waals surface area contributed by atoms with E-state index in [0.29, 0.717) is 0 Å². The summed E-state index contributed by atoms with van der Waals surface area (Å²) in [5.74, 6) is 0.930. The van der Waals surface area contributed by atoms with Crippen molar-refractivity contribution in [2.45, 2.75) is 149 Å². The first kappa shape index (κ1) is 27.9. The van der Waals surface area contributed by atoms with E-state index >= 15 is 0 Å². The minimum Gasteiger partial charge on any atom is -0.346 e. The van der Waals surface area contributed by atoms with Gasteiger partial charge in [-0.1, -0.05) is 136 Å². The highest BCUT2D eigenvalue weighted by Gasteiger charge is 2.10. The van der Waals surface area contributed by atoms with E-state index in [9.17, 15) is 0 Å². The summed E-state index contributed by atoms with van der Waals surface area (Å²) in [6, 6.07) is 6.55. The Morgan fingerprint density at radius 2 is 1.12 bits per heavy atom. The van der Waals surface area contributed by atoms with Crippen molar-refractivity contribution in [2.24, 2.45) is 5.92 Å². The van der Waals surface area contributed by atoms with Crippen molar-refractivity contribution < 1.29 is 0 Å². The summed E-state index contributed by atoms with van der Waals surface area (Å²) >= 11 is 0. The maximum atomic E-state index is 4.81. The van der Waals surface area contributed by atoms with Crippen LogP contribution in [0, 0.1) is 5.92 Å². The van der Waals surface area contributed by atoms with Crippen LogP contribution in [-0.2, 0) is 6.42 Å². The van der Waals surface area contributed by atoms with E-state index in [1.54, 1.807) is 0 Å².